The number of amides is 1. The van der Waals surface area contributed by atoms with Crippen molar-refractivity contribution in [3.8, 4) is 0 Å². The van der Waals surface area contributed by atoms with Crippen LogP contribution >= 0.6 is 0 Å². The minimum Gasteiger partial charge on any atom is -0.372 e. The Labute approximate surface area is 112 Å². The summed E-state index contributed by atoms with van der Waals surface area (Å²) in [6.07, 6.45) is 2.10. The highest BCUT2D eigenvalue weighted by atomic mass is 32.2. The number of hydrogen-bond donors (Lipinski definition) is 1. The zero-order valence-electron chi connectivity index (χ0n) is 11.0. The predicted octanol–water partition coefficient (Wildman–Crippen LogP) is 0.382. The van der Waals surface area contributed by atoms with Crippen molar-refractivity contribution in [3.05, 3.63) is 23.9 Å². The summed E-state index contributed by atoms with van der Waals surface area (Å²) in [5.41, 5.74) is 0.455. The Hall–Kier alpha value is -1.63. The quantitative estimate of drug-likeness (QED) is 0.867. The molecule has 7 heteroatoms. The van der Waals surface area contributed by atoms with E-state index in [1.165, 1.54) is 4.90 Å². The van der Waals surface area contributed by atoms with Crippen LogP contribution in [0.1, 0.15) is 16.8 Å². The van der Waals surface area contributed by atoms with Gasteiger partial charge in [0, 0.05) is 26.3 Å². The Morgan fingerprint density at radius 1 is 1.53 bits per heavy atom. The second kappa shape index (κ2) is 5.16. The SMILES string of the molecule is CNc1ncccc1C(=O)N(C)C1CCS(=O)(=O)C1. The van der Waals surface area contributed by atoms with Crippen molar-refractivity contribution < 1.29 is 13.2 Å². The van der Waals surface area contributed by atoms with E-state index in [9.17, 15) is 13.2 Å². The Balaban J connectivity index is 2.20. The van der Waals surface area contributed by atoms with E-state index in [2.05, 4.69) is 10.3 Å². The summed E-state index contributed by atoms with van der Waals surface area (Å²) in [5.74, 6) is 0.491. The number of rotatable bonds is 3. The van der Waals surface area contributed by atoms with E-state index >= 15 is 0 Å². The van der Waals surface area contributed by atoms with E-state index in [1.54, 1.807) is 32.4 Å². The molecule has 1 fully saturated rings. The number of carbonyl (C=O) groups excluding carboxylic acids is 1. The van der Waals surface area contributed by atoms with Crippen LogP contribution in [0.2, 0.25) is 0 Å². The summed E-state index contributed by atoms with van der Waals surface area (Å²) in [6, 6.07) is 3.12. The maximum Gasteiger partial charge on any atom is 0.257 e. The van der Waals surface area contributed by atoms with E-state index in [4.69, 9.17) is 0 Å². The maximum atomic E-state index is 12.4. The fourth-order valence-corrected chi connectivity index (χ4v) is 3.99. The molecular weight excluding hydrogens is 266 g/mol. The summed E-state index contributed by atoms with van der Waals surface area (Å²) in [7, 11) is 0.336. The molecule has 0 aromatic carbocycles. The number of hydrogen-bond acceptors (Lipinski definition) is 5. The molecule has 0 spiro atoms. The third-order valence-corrected chi connectivity index (χ3v) is 5.10. The van der Waals surface area contributed by atoms with Crippen molar-refractivity contribution in [1.29, 1.82) is 0 Å². The molecule has 1 aliphatic heterocycles. The van der Waals surface area contributed by atoms with Gasteiger partial charge < -0.3 is 10.2 Å². The summed E-state index contributed by atoms with van der Waals surface area (Å²) in [6.45, 7) is 0. The fraction of sp³-hybridized carbons (Fsp3) is 0.500. The van der Waals surface area contributed by atoms with Gasteiger partial charge in [0.05, 0.1) is 17.1 Å². The van der Waals surface area contributed by atoms with E-state index in [-0.39, 0.29) is 23.5 Å². The topological polar surface area (TPSA) is 79.4 Å². The molecule has 2 rings (SSSR count). The zero-order valence-corrected chi connectivity index (χ0v) is 11.8. The van der Waals surface area contributed by atoms with Gasteiger partial charge in [0.1, 0.15) is 5.82 Å². The fourth-order valence-electron chi connectivity index (χ4n) is 2.21. The lowest BCUT2D eigenvalue weighted by Crippen LogP contribution is -2.38. The summed E-state index contributed by atoms with van der Waals surface area (Å²) in [4.78, 5) is 18.0. The predicted molar refractivity (Wildman–Crippen MR) is 72.9 cm³/mol. The molecule has 1 N–H and O–H groups in total. The number of aromatic nitrogens is 1. The van der Waals surface area contributed by atoms with Crippen LogP contribution < -0.4 is 5.32 Å². The zero-order chi connectivity index (χ0) is 14.0. The Kier molecular flexibility index (Phi) is 3.75. The normalized spacial score (nSPS) is 21.1. The van der Waals surface area contributed by atoms with Crippen molar-refractivity contribution in [2.24, 2.45) is 0 Å². The number of sulfone groups is 1. The second-order valence-electron chi connectivity index (χ2n) is 4.62. The van der Waals surface area contributed by atoms with Gasteiger partial charge in [-0.3, -0.25) is 4.79 Å². The van der Waals surface area contributed by atoms with Crippen LogP contribution in [0.25, 0.3) is 0 Å². The van der Waals surface area contributed by atoms with Crippen LogP contribution in [0.15, 0.2) is 18.3 Å². The smallest absolute Gasteiger partial charge is 0.257 e. The van der Waals surface area contributed by atoms with Crippen LogP contribution in [0.3, 0.4) is 0 Å². The Morgan fingerprint density at radius 2 is 2.26 bits per heavy atom. The first-order chi connectivity index (χ1) is 8.94. The summed E-state index contributed by atoms with van der Waals surface area (Å²) >= 11 is 0. The van der Waals surface area contributed by atoms with E-state index in [0.717, 1.165) is 0 Å². The highest BCUT2D eigenvalue weighted by Gasteiger charge is 2.33. The average molecular weight is 283 g/mol. The molecule has 2 heterocycles. The molecule has 1 saturated heterocycles. The molecule has 1 aromatic heterocycles. The molecule has 104 valence electrons. The third-order valence-electron chi connectivity index (χ3n) is 3.35. The second-order valence-corrected chi connectivity index (χ2v) is 6.85. The first-order valence-electron chi connectivity index (χ1n) is 6.05. The van der Waals surface area contributed by atoms with Gasteiger partial charge in [-0.2, -0.15) is 0 Å². The Morgan fingerprint density at radius 3 is 2.84 bits per heavy atom. The van der Waals surface area contributed by atoms with Crippen LogP contribution in [-0.4, -0.2) is 55.9 Å². The van der Waals surface area contributed by atoms with Gasteiger partial charge in [-0.25, -0.2) is 13.4 Å². The van der Waals surface area contributed by atoms with Crippen molar-refractivity contribution in [1.82, 2.24) is 9.88 Å². The standard InChI is InChI=1S/C12H17N3O3S/c1-13-11-10(4-3-6-14-11)12(16)15(2)9-5-7-19(17,18)8-9/h3-4,6,9H,5,7-8H2,1-2H3,(H,13,14). The average Bonchev–Trinajstić information content (AvgIpc) is 2.77. The molecule has 0 bridgehead atoms. The lowest BCUT2D eigenvalue weighted by atomic mass is 10.1. The summed E-state index contributed by atoms with van der Waals surface area (Å²) < 4.78 is 22.9. The first kappa shape index (κ1) is 13.8. The van der Waals surface area contributed by atoms with Gasteiger partial charge >= 0.3 is 0 Å². The van der Waals surface area contributed by atoms with Crippen LogP contribution in [0.5, 0.6) is 0 Å². The van der Waals surface area contributed by atoms with Gasteiger partial charge in [-0.1, -0.05) is 0 Å². The van der Waals surface area contributed by atoms with Crippen molar-refractivity contribution in [2.45, 2.75) is 12.5 Å². The molecule has 0 saturated carbocycles. The molecule has 1 aliphatic rings. The van der Waals surface area contributed by atoms with Crippen LogP contribution in [-0.2, 0) is 9.84 Å². The molecule has 6 nitrogen and oxygen atoms in total. The minimum atomic E-state index is -3.00. The van der Waals surface area contributed by atoms with E-state index in [1.807, 2.05) is 0 Å². The molecular formula is C12H17N3O3S. The van der Waals surface area contributed by atoms with Gasteiger partial charge in [0.15, 0.2) is 9.84 Å². The monoisotopic (exact) mass is 283 g/mol. The van der Waals surface area contributed by atoms with E-state index < -0.39 is 9.84 Å². The van der Waals surface area contributed by atoms with Gasteiger partial charge in [0.25, 0.3) is 5.91 Å². The molecule has 1 atom stereocenters. The molecule has 1 amide bonds. The lowest BCUT2D eigenvalue weighted by Gasteiger charge is -2.24. The highest BCUT2D eigenvalue weighted by molar-refractivity contribution is 7.91. The minimum absolute atomic E-state index is 0.0460. The number of nitrogens with one attached hydrogen (secondary N) is 1. The van der Waals surface area contributed by atoms with Crippen molar-refractivity contribution >= 4 is 21.6 Å². The van der Waals surface area contributed by atoms with Gasteiger partial charge in [0.2, 0.25) is 0 Å². The van der Waals surface area contributed by atoms with Gasteiger partial charge in [-0.15, -0.1) is 0 Å². The number of anilines is 1. The summed E-state index contributed by atoms with van der Waals surface area (Å²) in [5, 5.41) is 2.86. The molecule has 0 aliphatic carbocycles. The van der Waals surface area contributed by atoms with Crippen molar-refractivity contribution in [3.63, 3.8) is 0 Å². The first-order valence-corrected chi connectivity index (χ1v) is 7.87. The number of pyridine rings is 1. The number of carbonyl (C=O) groups is 1. The van der Waals surface area contributed by atoms with E-state index in [0.29, 0.717) is 17.8 Å². The molecule has 1 unspecified atom stereocenters. The van der Waals surface area contributed by atoms with Crippen LogP contribution in [0, 0.1) is 0 Å². The van der Waals surface area contributed by atoms with Crippen molar-refractivity contribution in [2.75, 3.05) is 30.9 Å². The molecule has 19 heavy (non-hydrogen) atoms. The number of nitrogens with zero attached hydrogens (tertiary/aromatic N) is 2. The third kappa shape index (κ3) is 2.86. The highest BCUT2D eigenvalue weighted by Crippen LogP contribution is 2.20. The molecule has 0 radical (unpaired) electrons. The van der Waals surface area contributed by atoms with Gasteiger partial charge in [-0.05, 0) is 18.6 Å². The largest absolute Gasteiger partial charge is 0.372 e. The van der Waals surface area contributed by atoms with Crippen LogP contribution in [0.4, 0.5) is 5.82 Å². The maximum absolute atomic E-state index is 12.4. The molecule has 1 aromatic rings. The lowest BCUT2D eigenvalue weighted by molar-refractivity contribution is 0.0748. The Bertz CT molecular complexity index is 586.